The molecule has 4 nitrogen and oxygen atoms in total. The van der Waals surface area contributed by atoms with Crippen LogP contribution in [0, 0.1) is 17.0 Å². The topological polar surface area (TPSA) is 41.9 Å². The minimum Gasteiger partial charge on any atom is -0.493 e. The number of thioether (sulfide) groups is 1. The Labute approximate surface area is 172 Å². The van der Waals surface area contributed by atoms with Crippen molar-refractivity contribution in [1.29, 1.82) is 0 Å². The maximum atomic E-state index is 14.5. The Kier molecular flexibility index (Phi) is 4.89. The number of hydrogen-bond donors (Lipinski definition) is 0. The Bertz CT molecular complexity index is 1000. The van der Waals surface area contributed by atoms with E-state index in [1.54, 1.807) is 0 Å². The van der Waals surface area contributed by atoms with Gasteiger partial charge in [0, 0.05) is 23.8 Å². The predicted molar refractivity (Wildman–Crippen MR) is 110 cm³/mol. The van der Waals surface area contributed by atoms with Gasteiger partial charge in [0.2, 0.25) is 5.91 Å². The summed E-state index contributed by atoms with van der Waals surface area (Å²) < 4.78 is 34.2. The molecule has 0 saturated heterocycles. The average molecular weight is 416 g/mol. The minimum atomic E-state index is -0.759. The summed E-state index contributed by atoms with van der Waals surface area (Å²) in [6, 6.07) is 11.0. The van der Waals surface area contributed by atoms with Crippen molar-refractivity contribution >= 4 is 22.7 Å². The Morgan fingerprint density at radius 2 is 1.97 bits per heavy atom. The Morgan fingerprint density at radius 3 is 2.72 bits per heavy atom. The summed E-state index contributed by atoms with van der Waals surface area (Å²) in [4.78, 5) is 12.5. The van der Waals surface area contributed by atoms with E-state index in [-0.39, 0.29) is 11.5 Å². The fourth-order valence-electron chi connectivity index (χ4n) is 3.51. The monoisotopic (exact) mass is 416 g/mol. The van der Waals surface area contributed by atoms with E-state index in [1.165, 1.54) is 16.8 Å². The first-order chi connectivity index (χ1) is 13.7. The van der Waals surface area contributed by atoms with Crippen molar-refractivity contribution in [2.45, 2.75) is 38.5 Å². The van der Waals surface area contributed by atoms with E-state index < -0.39 is 21.9 Å². The number of rotatable bonds is 1. The number of hydrazone groups is 1. The van der Waals surface area contributed by atoms with Crippen LogP contribution in [0.5, 0.6) is 5.75 Å². The second kappa shape index (κ2) is 7.13. The maximum Gasteiger partial charge on any atom is 0.249 e. The fourth-order valence-corrected chi connectivity index (χ4v) is 4.88. The fraction of sp³-hybridized carbons (Fsp3) is 0.364. The molecule has 2 aromatic rings. The van der Waals surface area contributed by atoms with Gasteiger partial charge in [0.25, 0.3) is 0 Å². The molecule has 2 heterocycles. The van der Waals surface area contributed by atoms with Crippen LogP contribution in [0.25, 0.3) is 0 Å². The van der Waals surface area contributed by atoms with E-state index in [2.05, 4.69) is 5.10 Å². The lowest BCUT2D eigenvalue weighted by atomic mass is 9.93. The smallest absolute Gasteiger partial charge is 0.249 e. The van der Waals surface area contributed by atoms with Gasteiger partial charge in [0.1, 0.15) is 27.3 Å². The van der Waals surface area contributed by atoms with Crippen LogP contribution in [0.15, 0.2) is 47.6 Å². The van der Waals surface area contributed by atoms with Crippen molar-refractivity contribution in [1.82, 2.24) is 5.01 Å². The van der Waals surface area contributed by atoms with Crippen LogP contribution in [-0.2, 0) is 11.2 Å². The highest BCUT2D eigenvalue weighted by molar-refractivity contribution is 8.15. The number of para-hydroxylation sites is 1. The molecule has 0 radical (unpaired) electrons. The first-order valence-corrected chi connectivity index (χ1v) is 10.3. The third-order valence-electron chi connectivity index (χ3n) is 5.05. The van der Waals surface area contributed by atoms with Gasteiger partial charge in [-0.3, -0.25) is 4.79 Å². The lowest BCUT2D eigenvalue weighted by Crippen LogP contribution is -2.49. The highest BCUT2D eigenvalue weighted by Crippen LogP contribution is 2.48. The van der Waals surface area contributed by atoms with Gasteiger partial charge in [0.05, 0.1) is 6.61 Å². The lowest BCUT2D eigenvalue weighted by molar-refractivity contribution is -0.143. The highest BCUT2D eigenvalue weighted by atomic mass is 32.2. The van der Waals surface area contributed by atoms with E-state index in [0.717, 1.165) is 29.5 Å². The molecule has 152 valence electrons. The van der Waals surface area contributed by atoms with Crippen molar-refractivity contribution < 1.29 is 18.3 Å². The molecule has 2 aromatic carbocycles. The summed E-state index contributed by atoms with van der Waals surface area (Å²) in [5, 5.41) is 6.30. The molecule has 7 heteroatoms. The zero-order chi connectivity index (χ0) is 20.8. The minimum absolute atomic E-state index is 0.0667. The summed E-state index contributed by atoms with van der Waals surface area (Å²) >= 11 is 1.31. The third-order valence-corrected chi connectivity index (χ3v) is 6.44. The molecular formula is C22H22F2N2O2S. The standard InChI is InChI=1S/C22H22F2N2O2S/c1-21(2,3)20(27)26-22(10-11-28-18-7-5-4-6-14(18)13-22)29-19(25-26)16-12-15(23)8-9-17(16)24/h4-9,12H,10-11,13H2,1-3H3. The van der Waals surface area contributed by atoms with Gasteiger partial charge in [-0.2, -0.15) is 5.10 Å². The Hall–Kier alpha value is -2.41. The van der Waals surface area contributed by atoms with Crippen molar-refractivity contribution in [3.05, 3.63) is 65.2 Å². The van der Waals surface area contributed by atoms with E-state index in [9.17, 15) is 13.6 Å². The summed E-state index contributed by atoms with van der Waals surface area (Å²) in [6.45, 7) is 5.87. The number of halogens is 2. The number of carbonyl (C=O) groups is 1. The molecule has 0 saturated carbocycles. The molecule has 4 rings (SSSR count). The SMILES string of the molecule is CC(C)(C)C(=O)N1N=C(c2cc(F)ccc2F)SC12CCOc1ccccc1C2. The van der Waals surface area contributed by atoms with Gasteiger partial charge in [-0.25, -0.2) is 13.8 Å². The quantitative estimate of drug-likeness (QED) is 0.659. The van der Waals surface area contributed by atoms with Gasteiger partial charge in [0.15, 0.2) is 0 Å². The van der Waals surface area contributed by atoms with Crippen molar-refractivity contribution in [2.75, 3.05) is 6.61 Å². The maximum absolute atomic E-state index is 14.5. The van der Waals surface area contributed by atoms with Crippen molar-refractivity contribution in [3.63, 3.8) is 0 Å². The number of carbonyl (C=O) groups excluding carboxylic acids is 1. The molecule has 0 N–H and O–H groups in total. The largest absolute Gasteiger partial charge is 0.493 e. The molecule has 2 aliphatic rings. The van der Waals surface area contributed by atoms with Gasteiger partial charge < -0.3 is 4.74 Å². The summed E-state index contributed by atoms with van der Waals surface area (Å²) in [7, 11) is 0. The number of benzene rings is 2. The molecule has 29 heavy (non-hydrogen) atoms. The zero-order valence-corrected chi connectivity index (χ0v) is 17.4. The molecule has 2 aliphatic heterocycles. The normalized spacial score (nSPS) is 21.4. The Morgan fingerprint density at radius 1 is 1.21 bits per heavy atom. The van der Waals surface area contributed by atoms with Crippen LogP contribution in [0.4, 0.5) is 8.78 Å². The molecular weight excluding hydrogens is 394 g/mol. The number of ether oxygens (including phenoxy) is 1. The highest BCUT2D eigenvalue weighted by Gasteiger charge is 2.50. The molecule has 1 spiro atoms. The van der Waals surface area contributed by atoms with Crippen molar-refractivity contribution in [3.8, 4) is 5.75 Å². The molecule has 0 aliphatic carbocycles. The van der Waals surface area contributed by atoms with Gasteiger partial charge in [-0.05, 0) is 29.8 Å². The second-order valence-electron chi connectivity index (χ2n) is 8.33. The molecule has 1 amide bonds. The van der Waals surface area contributed by atoms with Crippen LogP contribution in [0.1, 0.15) is 38.3 Å². The van der Waals surface area contributed by atoms with Crippen molar-refractivity contribution in [2.24, 2.45) is 10.5 Å². The Balaban J connectivity index is 1.81. The van der Waals surface area contributed by atoms with E-state index in [1.807, 2.05) is 45.0 Å². The third kappa shape index (κ3) is 3.64. The number of amides is 1. The van der Waals surface area contributed by atoms with Crippen LogP contribution in [-0.4, -0.2) is 27.4 Å². The van der Waals surface area contributed by atoms with Gasteiger partial charge in [-0.15, -0.1) is 0 Å². The second-order valence-corrected chi connectivity index (χ2v) is 9.68. The first-order valence-electron chi connectivity index (χ1n) is 9.48. The van der Waals surface area contributed by atoms with Gasteiger partial charge >= 0.3 is 0 Å². The summed E-state index contributed by atoms with van der Waals surface area (Å²) in [5.74, 6) is -0.508. The lowest BCUT2D eigenvalue weighted by Gasteiger charge is -2.37. The van der Waals surface area contributed by atoms with Crippen LogP contribution >= 0.6 is 11.8 Å². The molecule has 1 atom stereocenters. The molecule has 0 bridgehead atoms. The molecule has 1 unspecified atom stereocenters. The number of hydrogen-bond acceptors (Lipinski definition) is 4. The summed E-state index contributed by atoms with van der Waals surface area (Å²) in [6.07, 6.45) is 1.01. The van der Waals surface area contributed by atoms with E-state index in [4.69, 9.17) is 4.74 Å². The van der Waals surface area contributed by atoms with Crippen LogP contribution in [0.2, 0.25) is 0 Å². The molecule has 0 fully saturated rings. The summed E-state index contributed by atoms with van der Waals surface area (Å²) in [5.41, 5.74) is 0.344. The average Bonchev–Trinajstić information content (AvgIpc) is 2.91. The number of fused-ring (bicyclic) bond motifs is 1. The number of nitrogens with zero attached hydrogens (tertiary/aromatic N) is 2. The zero-order valence-electron chi connectivity index (χ0n) is 16.5. The van der Waals surface area contributed by atoms with Gasteiger partial charge in [-0.1, -0.05) is 50.7 Å². The van der Waals surface area contributed by atoms with Crippen LogP contribution in [0.3, 0.4) is 0 Å². The van der Waals surface area contributed by atoms with E-state index in [0.29, 0.717) is 24.5 Å². The predicted octanol–water partition coefficient (Wildman–Crippen LogP) is 4.97. The van der Waals surface area contributed by atoms with Crippen LogP contribution < -0.4 is 4.74 Å². The van der Waals surface area contributed by atoms with E-state index >= 15 is 0 Å². The first kappa shape index (κ1) is 19.9. The molecule has 0 aromatic heterocycles.